The van der Waals surface area contributed by atoms with Crippen molar-refractivity contribution in [3.63, 3.8) is 0 Å². The molecule has 0 aliphatic rings. The summed E-state index contributed by atoms with van der Waals surface area (Å²) < 4.78 is 5.16. The molecule has 4 heteroatoms. The Bertz CT molecular complexity index is 244. The normalized spacial score (nSPS) is 11.9. The zero-order valence-corrected chi connectivity index (χ0v) is 13.2. The fourth-order valence-corrected chi connectivity index (χ4v) is 2.19. The summed E-state index contributed by atoms with van der Waals surface area (Å²) in [7, 11) is 0. The lowest BCUT2D eigenvalue weighted by molar-refractivity contribution is -0.147. The zero-order chi connectivity index (χ0) is 15.1. The summed E-state index contributed by atoms with van der Waals surface area (Å²) in [5.41, 5.74) is 0. The van der Waals surface area contributed by atoms with Gasteiger partial charge in [-0.05, 0) is 19.8 Å². The van der Waals surface area contributed by atoms with E-state index < -0.39 is 0 Å². The lowest BCUT2D eigenvalue weighted by Gasteiger charge is -2.12. The van der Waals surface area contributed by atoms with Crippen LogP contribution in [-0.4, -0.2) is 25.0 Å². The Balaban J connectivity index is 3.28. The molecule has 20 heavy (non-hydrogen) atoms. The van der Waals surface area contributed by atoms with E-state index in [1.165, 1.54) is 51.4 Å². The summed E-state index contributed by atoms with van der Waals surface area (Å²) in [5.74, 6) is -0.361. The highest BCUT2D eigenvalue weighted by Gasteiger charge is 2.08. The number of esters is 1. The third-order valence-electron chi connectivity index (χ3n) is 3.38. The van der Waals surface area contributed by atoms with Gasteiger partial charge in [0.2, 0.25) is 6.41 Å². The summed E-state index contributed by atoms with van der Waals surface area (Å²) in [6, 6.07) is 0. The van der Waals surface area contributed by atoms with E-state index >= 15 is 0 Å². The minimum atomic E-state index is -0.361. The van der Waals surface area contributed by atoms with Gasteiger partial charge >= 0.3 is 5.97 Å². The van der Waals surface area contributed by atoms with Crippen molar-refractivity contribution < 1.29 is 14.3 Å². The first-order valence-corrected chi connectivity index (χ1v) is 8.07. The molecule has 0 rings (SSSR count). The van der Waals surface area contributed by atoms with Crippen molar-refractivity contribution in [2.24, 2.45) is 0 Å². The van der Waals surface area contributed by atoms with Crippen LogP contribution in [0.3, 0.4) is 0 Å². The zero-order valence-electron chi connectivity index (χ0n) is 13.2. The maximum Gasteiger partial charge on any atom is 0.325 e. The maximum atomic E-state index is 11.2. The Morgan fingerprint density at radius 3 is 2.15 bits per heavy atom. The minimum Gasteiger partial charge on any atom is -0.461 e. The van der Waals surface area contributed by atoms with Crippen LogP contribution in [0.15, 0.2) is 0 Å². The van der Waals surface area contributed by atoms with Crippen LogP contribution in [0.25, 0.3) is 0 Å². The van der Waals surface area contributed by atoms with Gasteiger partial charge in [-0.2, -0.15) is 0 Å². The largest absolute Gasteiger partial charge is 0.461 e. The summed E-state index contributed by atoms with van der Waals surface area (Å²) in [5, 5.41) is 2.30. The van der Waals surface area contributed by atoms with E-state index in [0.29, 0.717) is 6.41 Å². The van der Waals surface area contributed by atoms with Gasteiger partial charge in [0.05, 0.1) is 6.10 Å². The first kappa shape index (κ1) is 18.9. The van der Waals surface area contributed by atoms with Gasteiger partial charge in [-0.25, -0.2) is 0 Å². The number of hydrogen-bond acceptors (Lipinski definition) is 3. The molecule has 0 saturated carbocycles. The molecule has 0 aromatic heterocycles. The van der Waals surface area contributed by atoms with Gasteiger partial charge in [-0.1, -0.05) is 58.3 Å². The third kappa shape index (κ3) is 13.4. The standard InChI is InChI=1S/C16H31NO3/c1-3-4-5-6-7-8-9-10-11-12-15(2)20-16(19)13-17-14-18/h14-15H,3-13H2,1-2H3,(H,17,18)/t15-/m1/s1. The molecule has 0 bridgehead atoms. The summed E-state index contributed by atoms with van der Waals surface area (Å²) in [4.78, 5) is 21.3. The number of carbonyl (C=O) groups is 2. The summed E-state index contributed by atoms with van der Waals surface area (Å²) >= 11 is 0. The van der Waals surface area contributed by atoms with Crippen LogP contribution in [0, 0.1) is 0 Å². The number of rotatable bonds is 14. The van der Waals surface area contributed by atoms with Crippen molar-refractivity contribution in [2.45, 2.75) is 84.2 Å². The van der Waals surface area contributed by atoms with E-state index in [-0.39, 0.29) is 18.6 Å². The van der Waals surface area contributed by atoms with Crippen LogP contribution in [0.4, 0.5) is 0 Å². The molecule has 1 N–H and O–H groups in total. The monoisotopic (exact) mass is 285 g/mol. The van der Waals surface area contributed by atoms with Gasteiger partial charge in [0.25, 0.3) is 0 Å². The van der Waals surface area contributed by atoms with Crippen molar-refractivity contribution >= 4 is 12.4 Å². The molecule has 0 radical (unpaired) electrons. The average Bonchev–Trinajstić information content (AvgIpc) is 2.43. The number of ether oxygens (including phenoxy) is 1. The quantitative estimate of drug-likeness (QED) is 0.301. The Labute approximate surface area is 123 Å². The summed E-state index contributed by atoms with van der Waals surface area (Å²) in [6.45, 7) is 4.11. The van der Waals surface area contributed by atoms with E-state index in [4.69, 9.17) is 4.74 Å². The van der Waals surface area contributed by atoms with Crippen LogP contribution < -0.4 is 5.32 Å². The van der Waals surface area contributed by atoms with Crippen LogP contribution in [0.5, 0.6) is 0 Å². The van der Waals surface area contributed by atoms with Crippen molar-refractivity contribution in [1.82, 2.24) is 5.32 Å². The number of amides is 1. The molecule has 118 valence electrons. The number of unbranched alkanes of at least 4 members (excludes halogenated alkanes) is 8. The van der Waals surface area contributed by atoms with E-state index in [1.807, 2.05) is 6.92 Å². The van der Waals surface area contributed by atoms with E-state index in [0.717, 1.165) is 12.8 Å². The van der Waals surface area contributed by atoms with Crippen LogP contribution >= 0.6 is 0 Å². The molecule has 0 spiro atoms. The van der Waals surface area contributed by atoms with E-state index in [2.05, 4.69) is 12.2 Å². The predicted molar refractivity (Wildman–Crippen MR) is 81.5 cm³/mol. The molecule has 1 amide bonds. The molecular weight excluding hydrogens is 254 g/mol. The van der Waals surface area contributed by atoms with Crippen molar-refractivity contribution in [3.05, 3.63) is 0 Å². The van der Waals surface area contributed by atoms with Gasteiger partial charge in [0.15, 0.2) is 0 Å². The highest BCUT2D eigenvalue weighted by atomic mass is 16.5. The van der Waals surface area contributed by atoms with Crippen LogP contribution in [0.1, 0.15) is 78.1 Å². The Kier molecular flexibility index (Phi) is 13.6. The molecule has 1 atom stereocenters. The van der Waals surface area contributed by atoms with Gasteiger partial charge < -0.3 is 10.1 Å². The fourth-order valence-electron chi connectivity index (χ4n) is 2.19. The first-order valence-electron chi connectivity index (χ1n) is 8.07. The van der Waals surface area contributed by atoms with Crippen molar-refractivity contribution in [1.29, 1.82) is 0 Å². The molecule has 0 saturated heterocycles. The van der Waals surface area contributed by atoms with Crippen LogP contribution in [-0.2, 0) is 14.3 Å². The second-order valence-electron chi connectivity index (χ2n) is 5.42. The average molecular weight is 285 g/mol. The summed E-state index contributed by atoms with van der Waals surface area (Å²) in [6.07, 6.45) is 13.0. The highest BCUT2D eigenvalue weighted by Crippen LogP contribution is 2.12. The molecule has 0 aromatic rings. The van der Waals surface area contributed by atoms with Crippen molar-refractivity contribution in [2.75, 3.05) is 6.54 Å². The van der Waals surface area contributed by atoms with Gasteiger partial charge in [-0.3, -0.25) is 9.59 Å². The lowest BCUT2D eigenvalue weighted by atomic mass is 10.1. The van der Waals surface area contributed by atoms with E-state index in [9.17, 15) is 9.59 Å². The third-order valence-corrected chi connectivity index (χ3v) is 3.38. The van der Waals surface area contributed by atoms with Gasteiger partial charge in [-0.15, -0.1) is 0 Å². The highest BCUT2D eigenvalue weighted by molar-refractivity contribution is 5.74. The molecule has 0 fully saturated rings. The SMILES string of the molecule is CCCCCCCCCCC[C@@H](C)OC(=O)CNC=O. The fraction of sp³-hybridized carbons (Fsp3) is 0.875. The molecule has 0 aromatic carbocycles. The lowest BCUT2D eigenvalue weighted by Crippen LogP contribution is -2.26. The molecule has 0 unspecified atom stereocenters. The molecular formula is C16H31NO3. The molecule has 0 heterocycles. The van der Waals surface area contributed by atoms with E-state index in [1.54, 1.807) is 0 Å². The second-order valence-corrected chi connectivity index (χ2v) is 5.42. The molecule has 4 nitrogen and oxygen atoms in total. The van der Waals surface area contributed by atoms with Gasteiger partial charge in [0, 0.05) is 0 Å². The maximum absolute atomic E-state index is 11.2. The van der Waals surface area contributed by atoms with Crippen molar-refractivity contribution in [3.8, 4) is 0 Å². The first-order chi connectivity index (χ1) is 9.70. The number of nitrogens with one attached hydrogen (secondary N) is 1. The Morgan fingerprint density at radius 1 is 1.05 bits per heavy atom. The predicted octanol–water partition coefficient (Wildman–Crippen LogP) is 3.59. The minimum absolute atomic E-state index is 0.0361. The molecule has 0 aliphatic heterocycles. The topological polar surface area (TPSA) is 55.4 Å². The number of hydrogen-bond donors (Lipinski definition) is 1. The Hall–Kier alpha value is -1.06. The Morgan fingerprint density at radius 2 is 1.60 bits per heavy atom. The van der Waals surface area contributed by atoms with Crippen LogP contribution in [0.2, 0.25) is 0 Å². The smallest absolute Gasteiger partial charge is 0.325 e. The number of carbonyl (C=O) groups excluding carboxylic acids is 2. The van der Waals surface area contributed by atoms with Gasteiger partial charge in [0.1, 0.15) is 6.54 Å². The second kappa shape index (κ2) is 14.4. The molecule has 0 aliphatic carbocycles.